The van der Waals surface area contributed by atoms with Gasteiger partial charge in [0.2, 0.25) is 0 Å². The highest BCUT2D eigenvalue weighted by Crippen LogP contribution is 2.40. The zero-order valence-corrected chi connectivity index (χ0v) is 11.0. The molecule has 1 aliphatic heterocycles. The van der Waals surface area contributed by atoms with E-state index in [9.17, 15) is 13.2 Å². The Balaban J connectivity index is 2.20. The topological polar surface area (TPSA) is 53.1 Å². The Kier molecular flexibility index (Phi) is 4.32. The van der Waals surface area contributed by atoms with E-state index in [2.05, 4.69) is 0 Å². The number of nitrogens with one attached hydrogen (secondary N) is 1. The molecule has 0 aliphatic carbocycles. The summed E-state index contributed by atoms with van der Waals surface area (Å²) in [7, 11) is 0. The molecule has 1 aromatic carbocycles. The van der Waals surface area contributed by atoms with Gasteiger partial charge in [-0.2, -0.15) is 13.2 Å². The van der Waals surface area contributed by atoms with Gasteiger partial charge in [0.05, 0.1) is 11.8 Å². The first-order valence-electron chi connectivity index (χ1n) is 6.58. The summed E-state index contributed by atoms with van der Waals surface area (Å²) in [6.45, 7) is 0.521. The van der Waals surface area contributed by atoms with Crippen molar-refractivity contribution < 1.29 is 13.2 Å². The van der Waals surface area contributed by atoms with Crippen LogP contribution in [0.3, 0.4) is 0 Å². The molecule has 3 nitrogen and oxygen atoms in total. The molecular weight excluding hydrogens is 267 g/mol. The maximum absolute atomic E-state index is 13.1. The minimum atomic E-state index is -4.28. The van der Waals surface area contributed by atoms with Crippen molar-refractivity contribution in [3.8, 4) is 0 Å². The Morgan fingerprint density at radius 3 is 2.45 bits per heavy atom. The van der Waals surface area contributed by atoms with Crippen molar-refractivity contribution in [3.05, 3.63) is 35.9 Å². The molecule has 2 atom stereocenters. The monoisotopic (exact) mass is 285 g/mol. The van der Waals surface area contributed by atoms with Crippen LogP contribution in [0.4, 0.5) is 13.2 Å². The zero-order chi connectivity index (χ0) is 14.8. The van der Waals surface area contributed by atoms with Gasteiger partial charge in [-0.15, -0.1) is 0 Å². The van der Waals surface area contributed by atoms with Crippen molar-refractivity contribution in [2.45, 2.75) is 31.6 Å². The number of amidine groups is 1. The van der Waals surface area contributed by atoms with Crippen LogP contribution in [0, 0.1) is 11.3 Å². The van der Waals surface area contributed by atoms with Gasteiger partial charge in [-0.05, 0) is 18.5 Å². The van der Waals surface area contributed by atoms with Crippen molar-refractivity contribution in [2.75, 3.05) is 6.54 Å². The van der Waals surface area contributed by atoms with Gasteiger partial charge in [0.25, 0.3) is 0 Å². The summed E-state index contributed by atoms with van der Waals surface area (Å²) < 4.78 is 39.2. The summed E-state index contributed by atoms with van der Waals surface area (Å²) in [6, 6.07) is 8.52. The fraction of sp³-hybridized carbons (Fsp3) is 0.500. The molecular formula is C14H18F3N3. The van der Waals surface area contributed by atoms with Crippen LogP contribution in [0.15, 0.2) is 30.3 Å². The van der Waals surface area contributed by atoms with Gasteiger partial charge < -0.3 is 10.6 Å². The number of benzene rings is 1. The molecule has 2 unspecified atom stereocenters. The standard InChI is InChI=1S/C14H18F3N3/c15-14(16,17)11-8-13(19)20(12(11)6-7-18)9-10-4-2-1-3-5-10/h1-5,11-12,19H,6-9,18H2. The molecule has 0 saturated carbocycles. The van der Waals surface area contributed by atoms with Crippen molar-refractivity contribution in [1.29, 1.82) is 5.41 Å². The molecule has 2 rings (SSSR count). The largest absolute Gasteiger partial charge is 0.394 e. The van der Waals surface area contributed by atoms with Crippen molar-refractivity contribution in [2.24, 2.45) is 11.7 Å². The molecule has 0 spiro atoms. The summed E-state index contributed by atoms with van der Waals surface area (Å²) in [5.74, 6) is -1.43. The molecule has 20 heavy (non-hydrogen) atoms. The predicted molar refractivity (Wildman–Crippen MR) is 71.3 cm³/mol. The minimum absolute atomic E-state index is 0.0506. The first kappa shape index (κ1) is 14.8. The molecule has 0 aromatic heterocycles. The second-order valence-corrected chi connectivity index (χ2v) is 5.06. The Bertz CT molecular complexity index is 458. The minimum Gasteiger partial charge on any atom is -0.353 e. The van der Waals surface area contributed by atoms with Gasteiger partial charge in [0.15, 0.2) is 0 Å². The first-order chi connectivity index (χ1) is 9.43. The lowest BCUT2D eigenvalue weighted by molar-refractivity contribution is -0.180. The molecule has 6 heteroatoms. The number of halogens is 3. The molecule has 3 N–H and O–H groups in total. The predicted octanol–water partition coefficient (Wildman–Crippen LogP) is 2.77. The van der Waals surface area contributed by atoms with Crippen molar-refractivity contribution in [3.63, 3.8) is 0 Å². The van der Waals surface area contributed by atoms with Crippen LogP contribution in [0.2, 0.25) is 0 Å². The highest BCUT2D eigenvalue weighted by molar-refractivity contribution is 5.82. The molecule has 0 bridgehead atoms. The second kappa shape index (κ2) is 5.83. The van der Waals surface area contributed by atoms with Crippen LogP contribution < -0.4 is 5.73 Å². The summed E-state index contributed by atoms with van der Waals surface area (Å²) in [6.07, 6.45) is -4.28. The lowest BCUT2D eigenvalue weighted by Crippen LogP contribution is -2.40. The smallest absolute Gasteiger partial charge is 0.353 e. The fourth-order valence-corrected chi connectivity index (χ4v) is 2.73. The molecule has 1 fully saturated rings. The Labute approximate surface area is 116 Å². The number of rotatable bonds is 4. The second-order valence-electron chi connectivity index (χ2n) is 5.06. The number of alkyl halides is 3. The maximum Gasteiger partial charge on any atom is 0.394 e. The van der Waals surface area contributed by atoms with E-state index in [1.54, 1.807) is 4.90 Å². The summed E-state index contributed by atoms with van der Waals surface area (Å²) in [4.78, 5) is 1.54. The molecule has 1 heterocycles. The Morgan fingerprint density at radius 2 is 1.90 bits per heavy atom. The van der Waals surface area contributed by atoms with Crippen LogP contribution in [-0.2, 0) is 6.54 Å². The third-order valence-electron chi connectivity index (χ3n) is 3.70. The number of hydrogen-bond acceptors (Lipinski definition) is 2. The Hall–Kier alpha value is -1.56. The average molecular weight is 285 g/mol. The number of nitrogens with two attached hydrogens (primary N) is 1. The van der Waals surface area contributed by atoms with E-state index >= 15 is 0 Å². The zero-order valence-electron chi connectivity index (χ0n) is 11.0. The molecule has 0 radical (unpaired) electrons. The van der Waals surface area contributed by atoms with Gasteiger partial charge in [0.1, 0.15) is 0 Å². The van der Waals surface area contributed by atoms with Crippen LogP contribution in [0.5, 0.6) is 0 Å². The van der Waals surface area contributed by atoms with Gasteiger partial charge in [-0.1, -0.05) is 30.3 Å². The normalized spacial score (nSPS) is 23.4. The van der Waals surface area contributed by atoms with E-state index in [-0.39, 0.29) is 25.2 Å². The van der Waals surface area contributed by atoms with E-state index < -0.39 is 18.1 Å². The Morgan fingerprint density at radius 1 is 1.25 bits per heavy atom. The van der Waals surface area contributed by atoms with Gasteiger partial charge >= 0.3 is 6.18 Å². The van der Waals surface area contributed by atoms with E-state index in [0.29, 0.717) is 6.54 Å². The number of nitrogens with zero attached hydrogens (tertiary/aromatic N) is 1. The van der Waals surface area contributed by atoms with Crippen LogP contribution in [-0.4, -0.2) is 29.5 Å². The SMILES string of the molecule is N=C1CC(C(F)(F)F)C(CCN)N1Cc1ccccc1. The summed E-state index contributed by atoms with van der Waals surface area (Å²) in [5.41, 5.74) is 6.36. The molecule has 110 valence electrons. The molecule has 1 aromatic rings. The van der Waals surface area contributed by atoms with Crippen LogP contribution >= 0.6 is 0 Å². The number of likely N-dealkylation sites (tertiary alicyclic amines) is 1. The molecule has 1 saturated heterocycles. The average Bonchev–Trinajstić information content (AvgIpc) is 2.69. The maximum atomic E-state index is 13.1. The van der Waals surface area contributed by atoms with Gasteiger partial charge in [0, 0.05) is 19.0 Å². The van der Waals surface area contributed by atoms with E-state index in [1.165, 1.54) is 0 Å². The molecule has 1 aliphatic rings. The highest BCUT2D eigenvalue weighted by Gasteiger charge is 2.51. The van der Waals surface area contributed by atoms with E-state index in [0.717, 1.165) is 5.56 Å². The van der Waals surface area contributed by atoms with E-state index in [1.807, 2.05) is 30.3 Å². The van der Waals surface area contributed by atoms with Crippen LogP contribution in [0.1, 0.15) is 18.4 Å². The third kappa shape index (κ3) is 3.12. The lowest BCUT2D eigenvalue weighted by atomic mass is 9.96. The van der Waals surface area contributed by atoms with Crippen LogP contribution in [0.25, 0.3) is 0 Å². The fourth-order valence-electron chi connectivity index (χ4n) is 2.73. The van der Waals surface area contributed by atoms with Gasteiger partial charge in [-0.3, -0.25) is 5.41 Å². The van der Waals surface area contributed by atoms with Crippen molar-refractivity contribution in [1.82, 2.24) is 4.90 Å². The molecule has 0 amide bonds. The van der Waals surface area contributed by atoms with Gasteiger partial charge in [-0.25, -0.2) is 0 Å². The third-order valence-corrected chi connectivity index (χ3v) is 3.70. The first-order valence-corrected chi connectivity index (χ1v) is 6.58. The quantitative estimate of drug-likeness (QED) is 0.893. The lowest BCUT2D eigenvalue weighted by Gasteiger charge is -2.30. The number of hydrogen-bond donors (Lipinski definition) is 2. The van der Waals surface area contributed by atoms with Crippen molar-refractivity contribution >= 4 is 5.84 Å². The highest BCUT2D eigenvalue weighted by atomic mass is 19.4. The summed E-state index contributed by atoms with van der Waals surface area (Å²) in [5, 5.41) is 7.86. The van der Waals surface area contributed by atoms with E-state index in [4.69, 9.17) is 11.1 Å². The summed E-state index contributed by atoms with van der Waals surface area (Å²) >= 11 is 0.